The smallest absolute Gasteiger partial charge is 0.323 e. The molecule has 0 aliphatic rings. The van der Waals surface area contributed by atoms with E-state index in [9.17, 15) is 9.59 Å². The number of aliphatic imine (C=N–C) groups is 2. The van der Waals surface area contributed by atoms with Crippen LogP contribution in [-0.2, 0) is 0 Å². The number of nitrogens with one attached hydrogen (secondary N) is 4. The van der Waals surface area contributed by atoms with Crippen molar-refractivity contribution in [2.45, 2.75) is 0 Å². The highest BCUT2D eigenvalue weighted by Gasteiger charge is 2.06. The fraction of sp³-hybridized carbons (Fsp3) is 0.0833. The lowest BCUT2D eigenvalue weighted by atomic mass is 10.2. The molecule has 10 nitrogen and oxygen atoms in total. The molecule has 3 aromatic rings. The molecule has 0 spiro atoms. The van der Waals surface area contributed by atoms with Crippen LogP contribution in [0.25, 0.3) is 0 Å². The Morgan fingerprint density at radius 3 is 0.972 bits per heavy atom. The minimum Gasteiger partial charge on any atom is -0.384 e. The van der Waals surface area contributed by atoms with Gasteiger partial charge in [-0.2, -0.15) is 0 Å². The number of amides is 4. The first-order valence-electron chi connectivity index (χ1n) is 10.3. The molecule has 0 heterocycles. The van der Waals surface area contributed by atoms with Gasteiger partial charge in [0.05, 0.1) is 0 Å². The summed E-state index contributed by atoms with van der Waals surface area (Å²) in [5, 5.41) is 10.9. The average Bonchev–Trinajstić information content (AvgIpc) is 2.85. The summed E-state index contributed by atoms with van der Waals surface area (Å²) >= 11 is 0. The van der Waals surface area contributed by atoms with Crippen molar-refractivity contribution in [1.82, 2.24) is 0 Å². The quantitative estimate of drug-likeness (QED) is 0.205. The van der Waals surface area contributed by atoms with E-state index >= 15 is 0 Å². The fourth-order valence-electron chi connectivity index (χ4n) is 2.93. The fourth-order valence-corrected chi connectivity index (χ4v) is 2.93. The molecule has 36 heavy (non-hydrogen) atoms. The molecule has 0 atom stereocenters. The van der Waals surface area contributed by atoms with E-state index in [2.05, 4.69) is 31.3 Å². The van der Waals surface area contributed by atoms with Gasteiger partial charge in [-0.15, -0.1) is 24.8 Å². The monoisotopic (exact) mass is 530 g/mol. The summed E-state index contributed by atoms with van der Waals surface area (Å²) in [5.41, 5.74) is 15.4. The number of nitrogens with two attached hydrogens (primary N) is 2. The average molecular weight is 531 g/mol. The van der Waals surface area contributed by atoms with Gasteiger partial charge in [-0.3, -0.25) is 9.98 Å². The Kier molecular flexibility index (Phi) is 11.7. The molecule has 0 fully saturated rings. The van der Waals surface area contributed by atoms with E-state index in [0.717, 1.165) is 11.1 Å². The maximum Gasteiger partial charge on any atom is 0.323 e. The van der Waals surface area contributed by atoms with Gasteiger partial charge in [0.2, 0.25) is 0 Å². The van der Waals surface area contributed by atoms with Gasteiger partial charge < -0.3 is 32.7 Å². The van der Waals surface area contributed by atoms with Crippen LogP contribution in [0.5, 0.6) is 0 Å². The summed E-state index contributed by atoms with van der Waals surface area (Å²) in [7, 11) is 3.22. The van der Waals surface area contributed by atoms with Crippen LogP contribution < -0.4 is 32.7 Å². The van der Waals surface area contributed by atoms with Gasteiger partial charge in [0.1, 0.15) is 11.7 Å². The Morgan fingerprint density at radius 2 is 0.750 bits per heavy atom. The third kappa shape index (κ3) is 8.49. The molecular weight excluding hydrogens is 503 g/mol. The Morgan fingerprint density at radius 1 is 0.528 bits per heavy atom. The summed E-state index contributed by atoms with van der Waals surface area (Å²) in [5.74, 6) is 0.840. The van der Waals surface area contributed by atoms with Crippen molar-refractivity contribution in [1.29, 1.82) is 0 Å². The highest BCUT2D eigenvalue weighted by atomic mass is 35.5. The van der Waals surface area contributed by atoms with E-state index in [-0.39, 0.29) is 24.8 Å². The minimum atomic E-state index is -0.402. The molecule has 3 aromatic carbocycles. The molecular formula is C24H28Cl2N8O2. The molecule has 0 aromatic heterocycles. The molecule has 8 N–H and O–H groups in total. The first-order chi connectivity index (χ1) is 16.4. The second-order valence-electron chi connectivity index (χ2n) is 7.11. The number of urea groups is 2. The number of halogens is 2. The first kappa shape index (κ1) is 29.8. The van der Waals surface area contributed by atoms with Crippen molar-refractivity contribution in [3.63, 3.8) is 0 Å². The second kappa shape index (κ2) is 14.2. The van der Waals surface area contributed by atoms with E-state index in [0.29, 0.717) is 34.4 Å². The molecule has 3 rings (SSSR count). The maximum atomic E-state index is 12.2. The number of benzene rings is 3. The third-order valence-corrected chi connectivity index (χ3v) is 4.76. The molecule has 0 unspecified atom stereocenters. The Bertz CT molecular complexity index is 1120. The molecule has 0 aliphatic carbocycles. The standard InChI is InChI=1S/C24H26N8O2.2ClH/c1-27-21(25)15-3-7-17(8-4-15)29-23(33)31-19-11-13-20(14-12-19)32-24(34)30-18-9-5-16(6-10-18)22(26)28-2;;/h3-14H,1-2H3,(H2,25,27)(H2,26,28)(H2,29,31,33)(H2,30,32,34);2*1H. The number of nitrogens with zero attached hydrogens (tertiary/aromatic N) is 2. The number of hydrogen-bond acceptors (Lipinski definition) is 4. The normalized spacial score (nSPS) is 10.8. The highest BCUT2D eigenvalue weighted by Crippen LogP contribution is 2.16. The van der Waals surface area contributed by atoms with Crippen LogP contribution in [0.1, 0.15) is 11.1 Å². The molecule has 0 saturated heterocycles. The number of anilines is 4. The Labute approximate surface area is 221 Å². The third-order valence-electron chi connectivity index (χ3n) is 4.76. The van der Waals surface area contributed by atoms with Crippen molar-refractivity contribution >= 4 is 71.3 Å². The minimum absolute atomic E-state index is 0. The van der Waals surface area contributed by atoms with Crippen molar-refractivity contribution in [2.24, 2.45) is 21.5 Å². The second-order valence-corrected chi connectivity index (χ2v) is 7.11. The Balaban J connectivity index is 0.00000324. The zero-order chi connectivity index (χ0) is 24.5. The lowest BCUT2D eigenvalue weighted by molar-refractivity contribution is 0.261. The molecule has 0 aliphatic heterocycles. The van der Waals surface area contributed by atoms with Crippen molar-refractivity contribution in [2.75, 3.05) is 35.4 Å². The predicted octanol–water partition coefficient (Wildman–Crippen LogP) is 4.49. The van der Waals surface area contributed by atoms with Gasteiger partial charge in [0.25, 0.3) is 0 Å². The Hall–Kier alpha value is -4.28. The number of amidine groups is 2. The molecule has 190 valence electrons. The van der Waals surface area contributed by atoms with Crippen LogP contribution in [-0.4, -0.2) is 37.8 Å². The summed E-state index contributed by atoms with van der Waals surface area (Å²) in [6.07, 6.45) is 0. The van der Waals surface area contributed by atoms with E-state index < -0.39 is 12.1 Å². The first-order valence-corrected chi connectivity index (χ1v) is 10.3. The van der Waals surface area contributed by atoms with Gasteiger partial charge >= 0.3 is 12.1 Å². The van der Waals surface area contributed by atoms with Gasteiger partial charge in [0, 0.05) is 48.0 Å². The maximum absolute atomic E-state index is 12.2. The molecule has 0 radical (unpaired) electrons. The molecule has 0 saturated carbocycles. The van der Waals surface area contributed by atoms with Crippen LogP contribution >= 0.6 is 24.8 Å². The number of hydrogen-bond donors (Lipinski definition) is 6. The van der Waals surface area contributed by atoms with Crippen LogP contribution in [0, 0.1) is 0 Å². The van der Waals surface area contributed by atoms with Gasteiger partial charge in [0.15, 0.2) is 0 Å². The van der Waals surface area contributed by atoms with E-state index in [1.165, 1.54) is 0 Å². The summed E-state index contributed by atoms with van der Waals surface area (Å²) < 4.78 is 0. The van der Waals surface area contributed by atoms with Gasteiger partial charge in [-0.05, 0) is 72.8 Å². The predicted molar refractivity (Wildman–Crippen MR) is 152 cm³/mol. The topological polar surface area (TPSA) is 159 Å². The van der Waals surface area contributed by atoms with Crippen LogP contribution in [0.4, 0.5) is 32.3 Å². The summed E-state index contributed by atoms with van der Waals surface area (Å²) in [6.45, 7) is 0. The summed E-state index contributed by atoms with van der Waals surface area (Å²) in [4.78, 5) is 32.3. The van der Waals surface area contributed by atoms with Gasteiger partial charge in [-0.1, -0.05) is 0 Å². The highest BCUT2D eigenvalue weighted by molar-refractivity contribution is 6.03. The van der Waals surface area contributed by atoms with Crippen molar-refractivity contribution in [3.05, 3.63) is 83.9 Å². The van der Waals surface area contributed by atoms with E-state index in [1.807, 2.05) is 0 Å². The number of carbonyl (C=O) groups excluding carboxylic acids is 2. The summed E-state index contributed by atoms with van der Waals surface area (Å²) in [6, 6.07) is 19.9. The van der Waals surface area contributed by atoms with Crippen LogP contribution in [0.2, 0.25) is 0 Å². The molecule has 0 bridgehead atoms. The lowest BCUT2D eigenvalue weighted by Crippen LogP contribution is -2.20. The van der Waals surface area contributed by atoms with Crippen LogP contribution in [0.3, 0.4) is 0 Å². The number of rotatable bonds is 6. The SMILES string of the molecule is CN=C(N)c1ccc(NC(=O)Nc2ccc(NC(=O)Nc3ccc(C(N)=NC)cc3)cc2)cc1.Cl.Cl. The van der Waals surface area contributed by atoms with Crippen molar-refractivity contribution in [3.8, 4) is 0 Å². The largest absolute Gasteiger partial charge is 0.384 e. The van der Waals surface area contributed by atoms with Crippen molar-refractivity contribution < 1.29 is 9.59 Å². The van der Waals surface area contributed by atoms with Crippen LogP contribution in [0.15, 0.2) is 82.8 Å². The zero-order valence-electron chi connectivity index (χ0n) is 19.6. The van der Waals surface area contributed by atoms with E-state index in [1.54, 1.807) is 86.9 Å². The zero-order valence-corrected chi connectivity index (χ0v) is 21.2. The molecule has 12 heteroatoms. The van der Waals surface area contributed by atoms with E-state index in [4.69, 9.17) is 11.5 Å². The lowest BCUT2D eigenvalue weighted by Gasteiger charge is -2.10. The number of carbonyl (C=O) groups is 2. The van der Waals surface area contributed by atoms with Gasteiger partial charge in [-0.25, -0.2) is 9.59 Å². The molecule has 4 amide bonds.